The van der Waals surface area contributed by atoms with E-state index < -0.39 is 18.1 Å². The molecule has 0 bridgehead atoms. The quantitative estimate of drug-likeness (QED) is 0.285. The average Bonchev–Trinajstić information content (AvgIpc) is 2.82. The monoisotopic (exact) mass is 477 g/mol. The predicted octanol–water partition coefficient (Wildman–Crippen LogP) is 5.23. The molecule has 0 saturated carbocycles. The van der Waals surface area contributed by atoms with E-state index in [1.807, 2.05) is 51.1 Å². The molecule has 35 heavy (non-hydrogen) atoms. The lowest BCUT2D eigenvalue weighted by molar-refractivity contribution is -0.137. The average molecular weight is 478 g/mol. The first kappa shape index (κ1) is 24.5. The number of esters is 1. The van der Waals surface area contributed by atoms with Gasteiger partial charge in [0.25, 0.3) is 0 Å². The van der Waals surface area contributed by atoms with E-state index in [4.69, 9.17) is 13.9 Å². The highest BCUT2D eigenvalue weighted by atomic mass is 16.6. The SMILES string of the molecule is Cc1cc(OC(=O)[C@@H](CC(C)C)NC(=O)OCc2ccccc2)c2c3c(c(=O)oc2c1)CCCC3. The van der Waals surface area contributed by atoms with Gasteiger partial charge in [0.05, 0.1) is 5.39 Å². The molecular formula is C28H31NO6. The number of benzene rings is 2. The molecule has 4 rings (SSSR count). The normalized spacial score (nSPS) is 13.8. The molecule has 1 aliphatic carbocycles. The smallest absolute Gasteiger partial charge is 0.408 e. The summed E-state index contributed by atoms with van der Waals surface area (Å²) in [4.78, 5) is 38.2. The number of ether oxygens (including phenoxy) is 2. The van der Waals surface area contributed by atoms with E-state index in [1.165, 1.54) is 0 Å². The van der Waals surface area contributed by atoms with Crippen molar-refractivity contribution in [2.75, 3.05) is 0 Å². The highest BCUT2D eigenvalue weighted by Crippen LogP contribution is 2.35. The van der Waals surface area contributed by atoms with Crippen molar-refractivity contribution in [3.05, 3.63) is 75.1 Å². The van der Waals surface area contributed by atoms with Gasteiger partial charge in [-0.3, -0.25) is 0 Å². The zero-order chi connectivity index (χ0) is 24.9. The number of hydrogen-bond donors (Lipinski definition) is 1. The molecule has 1 amide bonds. The van der Waals surface area contributed by atoms with Gasteiger partial charge in [0.15, 0.2) is 0 Å². The van der Waals surface area contributed by atoms with Crippen LogP contribution in [0.2, 0.25) is 0 Å². The summed E-state index contributed by atoms with van der Waals surface area (Å²) in [5.41, 5.74) is 3.29. The van der Waals surface area contributed by atoms with Gasteiger partial charge in [-0.2, -0.15) is 0 Å². The number of carbonyl (C=O) groups is 2. The van der Waals surface area contributed by atoms with E-state index in [9.17, 15) is 14.4 Å². The van der Waals surface area contributed by atoms with Crippen LogP contribution in [0.15, 0.2) is 51.7 Å². The minimum absolute atomic E-state index is 0.101. The number of carbonyl (C=O) groups excluding carboxylic acids is 2. The van der Waals surface area contributed by atoms with Crippen molar-refractivity contribution in [3.63, 3.8) is 0 Å². The van der Waals surface area contributed by atoms with Crippen molar-refractivity contribution in [1.82, 2.24) is 5.32 Å². The number of aryl methyl sites for hydroxylation is 2. The van der Waals surface area contributed by atoms with Crippen LogP contribution in [0.1, 0.15) is 55.4 Å². The molecule has 1 aliphatic rings. The maximum absolute atomic E-state index is 13.3. The van der Waals surface area contributed by atoms with Crippen molar-refractivity contribution < 1.29 is 23.5 Å². The van der Waals surface area contributed by atoms with Crippen molar-refractivity contribution in [2.24, 2.45) is 5.92 Å². The minimum atomic E-state index is -0.889. The van der Waals surface area contributed by atoms with Crippen molar-refractivity contribution >= 4 is 23.0 Å². The van der Waals surface area contributed by atoms with E-state index in [-0.39, 0.29) is 18.2 Å². The highest BCUT2D eigenvalue weighted by Gasteiger charge is 2.27. The zero-order valence-corrected chi connectivity index (χ0v) is 20.4. The topological polar surface area (TPSA) is 94.8 Å². The lowest BCUT2D eigenvalue weighted by Crippen LogP contribution is -2.44. The number of nitrogens with one attached hydrogen (secondary N) is 1. The molecule has 1 heterocycles. The van der Waals surface area contributed by atoms with E-state index in [0.29, 0.717) is 35.1 Å². The molecule has 0 aliphatic heterocycles. The predicted molar refractivity (Wildman–Crippen MR) is 133 cm³/mol. The third-order valence-electron chi connectivity index (χ3n) is 6.14. The second-order valence-corrected chi connectivity index (χ2v) is 9.50. The van der Waals surface area contributed by atoms with Gasteiger partial charge in [0, 0.05) is 5.56 Å². The first-order valence-corrected chi connectivity index (χ1v) is 12.1. The van der Waals surface area contributed by atoms with Gasteiger partial charge in [-0.05, 0) is 73.8 Å². The van der Waals surface area contributed by atoms with Gasteiger partial charge in [0.1, 0.15) is 24.0 Å². The molecule has 1 N–H and O–H groups in total. The van der Waals surface area contributed by atoms with E-state index in [1.54, 1.807) is 12.1 Å². The second-order valence-electron chi connectivity index (χ2n) is 9.50. The van der Waals surface area contributed by atoms with Crippen LogP contribution in [-0.4, -0.2) is 18.1 Å². The Morgan fingerprint density at radius 1 is 1.06 bits per heavy atom. The maximum atomic E-state index is 13.3. The van der Waals surface area contributed by atoms with E-state index in [2.05, 4.69) is 5.32 Å². The minimum Gasteiger partial charge on any atom is -0.445 e. The number of alkyl carbamates (subject to hydrolysis) is 1. The van der Waals surface area contributed by atoms with Gasteiger partial charge in [-0.25, -0.2) is 14.4 Å². The maximum Gasteiger partial charge on any atom is 0.408 e. The highest BCUT2D eigenvalue weighted by molar-refractivity contribution is 5.92. The van der Waals surface area contributed by atoms with Crippen molar-refractivity contribution in [3.8, 4) is 5.75 Å². The van der Waals surface area contributed by atoms with Gasteiger partial charge < -0.3 is 19.2 Å². The number of fused-ring (bicyclic) bond motifs is 3. The third kappa shape index (κ3) is 5.91. The summed E-state index contributed by atoms with van der Waals surface area (Å²) in [6.07, 6.45) is 2.96. The Balaban J connectivity index is 1.57. The zero-order valence-electron chi connectivity index (χ0n) is 20.4. The van der Waals surface area contributed by atoms with Crippen LogP contribution in [-0.2, 0) is 29.0 Å². The van der Waals surface area contributed by atoms with Crippen LogP contribution in [0.4, 0.5) is 4.79 Å². The summed E-state index contributed by atoms with van der Waals surface area (Å²) in [7, 11) is 0. The molecule has 184 valence electrons. The lowest BCUT2D eigenvalue weighted by atomic mass is 9.90. The van der Waals surface area contributed by atoms with E-state index >= 15 is 0 Å². The van der Waals surface area contributed by atoms with Gasteiger partial charge in [0.2, 0.25) is 0 Å². The Hall–Kier alpha value is -3.61. The number of rotatable bonds is 7. The third-order valence-corrected chi connectivity index (χ3v) is 6.14. The molecule has 7 nitrogen and oxygen atoms in total. The van der Waals surface area contributed by atoms with Crippen LogP contribution in [0.25, 0.3) is 11.0 Å². The van der Waals surface area contributed by atoms with E-state index in [0.717, 1.165) is 36.0 Å². The Bertz CT molecular complexity index is 1280. The molecule has 2 aromatic carbocycles. The first-order chi connectivity index (χ1) is 16.8. The molecule has 0 spiro atoms. The largest absolute Gasteiger partial charge is 0.445 e. The standard InChI is InChI=1S/C28H31NO6/c1-17(2)13-22(29-28(32)33-16-19-9-5-4-6-10-19)27(31)35-24-15-18(3)14-23-25(24)20-11-7-8-12-21(20)26(30)34-23/h4-6,9-10,14-15,17,22H,7-8,11-13,16H2,1-3H3,(H,29,32)/t22-/m1/s1. The van der Waals surface area contributed by atoms with Crippen LogP contribution in [0.5, 0.6) is 5.75 Å². The molecule has 3 aromatic rings. The Kier molecular flexibility index (Phi) is 7.54. The fourth-order valence-electron chi connectivity index (χ4n) is 4.52. The lowest BCUT2D eigenvalue weighted by Gasteiger charge is -2.21. The summed E-state index contributed by atoms with van der Waals surface area (Å²) < 4.78 is 16.8. The molecule has 1 aromatic heterocycles. The summed E-state index contributed by atoms with van der Waals surface area (Å²) in [6.45, 7) is 5.87. The van der Waals surface area contributed by atoms with Crippen LogP contribution < -0.4 is 15.7 Å². The molecule has 0 radical (unpaired) electrons. The molecule has 1 atom stereocenters. The summed E-state index contributed by atoms with van der Waals surface area (Å²) >= 11 is 0. The van der Waals surface area contributed by atoms with Crippen LogP contribution in [0.3, 0.4) is 0 Å². The molecule has 0 unspecified atom stereocenters. The fourth-order valence-corrected chi connectivity index (χ4v) is 4.52. The fraction of sp³-hybridized carbons (Fsp3) is 0.393. The Morgan fingerprint density at radius 3 is 2.49 bits per heavy atom. The number of amides is 1. The van der Waals surface area contributed by atoms with Crippen molar-refractivity contribution in [1.29, 1.82) is 0 Å². The summed E-state index contributed by atoms with van der Waals surface area (Å²) in [6, 6.07) is 12.0. The Morgan fingerprint density at radius 2 is 1.77 bits per heavy atom. The van der Waals surface area contributed by atoms with Crippen LogP contribution >= 0.6 is 0 Å². The number of hydrogen-bond acceptors (Lipinski definition) is 6. The molecule has 0 saturated heterocycles. The van der Waals surface area contributed by atoms with Gasteiger partial charge >= 0.3 is 17.7 Å². The summed E-state index contributed by atoms with van der Waals surface area (Å²) in [5, 5.41) is 3.32. The van der Waals surface area contributed by atoms with Crippen LogP contribution in [0, 0.1) is 12.8 Å². The molecule has 0 fully saturated rings. The summed E-state index contributed by atoms with van der Waals surface area (Å²) in [5.74, 6) is -0.111. The van der Waals surface area contributed by atoms with Crippen molar-refractivity contribution in [2.45, 2.75) is 65.5 Å². The molecular weight excluding hydrogens is 446 g/mol. The first-order valence-electron chi connectivity index (χ1n) is 12.1. The van der Waals surface area contributed by atoms with Gasteiger partial charge in [-0.1, -0.05) is 44.2 Å². The second kappa shape index (κ2) is 10.8. The molecule has 7 heteroatoms. The van der Waals surface area contributed by atoms with Gasteiger partial charge in [-0.15, -0.1) is 0 Å². The Labute approximate surface area is 204 Å².